The lowest BCUT2D eigenvalue weighted by Gasteiger charge is -2.55. The van der Waals surface area contributed by atoms with Gasteiger partial charge in [0.05, 0.1) is 23.1 Å². The number of ether oxygens (including phenoxy) is 1. The molecule has 1 aromatic rings. The molecule has 4 bridgehead atoms. The van der Waals surface area contributed by atoms with Crippen LogP contribution in [-0.4, -0.2) is 31.1 Å². The summed E-state index contributed by atoms with van der Waals surface area (Å²) in [5, 5.41) is 8.99. The summed E-state index contributed by atoms with van der Waals surface area (Å²) in [6.07, 6.45) is 7.51. The van der Waals surface area contributed by atoms with Crippen LogP contribution in [0.5, 0.6) is 5.75 Å². The largest absolute Gasteiger partial charge is 0.506 e. The Bertz CT molecular complexity index is 757. The summed E-state index contributed by atoms with van der Waals surface area (Å²) in [6, 6.07) is 1.86. The first-order chi connectivity index (χ1) is 13.8. The van der Waals surface area contributed by atoms with Crippen molar-refractivity contribution in [2.75, 3.05) is 14.2 Å². The summed E-state index contributed by atoms with van der Waals surface area (Å²) in [5.74, 6) is 0.726. The SMILES string of the molecule is CNSNC(=O)c1cc(Cl)c(O)cc1F.COC(=O)C12CC3CC(CC(C3)C1)C2. The highest BCUT2D eigenvalue weighted by atomic mass is 35.5. The van der Waals surface area contributed by atoms with Crippen LogP contribution >= 0.6 is 23.7 Å². The van der Waals surface area contributed by atoms with Crippen molar-refractivity contribution in [3.8, 4) is 5.75 Å². The third-order valence-electron chi connectivity index (χ3n) is 6.18. The molecule has 6 nitrogen and oxygen atoms in total. The molecule has 4 saturated carbocycles. The molecule has 0 heterocycles. The van der Waals surface area contributed by atoms with Gasteiger partial charge < -0.3 is 9.84 Å². The number of halogens is 2. The summed E-state index contributed by atoms with van der Waals surface area (Å²) < 4.78 is 23.1. The molecule has 9 heteroatoms. The van der Waals surface area contributed by atoms with Crippen LogP contribution in [0.15, 0.2) is 12.1 Å². The first kappa shape index (κ1) is 22.2. The molecule has 5 rings (SSSR count). The molecule has 4 fully saturated rings. The molecule has 0 unspecified atom stereocenters. The molecule has 29 heavy (non-hydrogen) atoms. The number of amides is 1. The van der Waals surface area contributed by atoms with E-state index in [2.05, 4.69) is 9.44 Å². The van der Waals surface area contributed by atoms with Gasteiger partial charge in [-0.15, -0.1) is 0 Å². The molecule has 1 aromatic carbocycles. The highest BCUT2D eigenvalue weighted by Gasteiger charge is 2.55. The normalized spacial score (nSPS) is 29.0. The number of carbonyl (C=O) groups excluding carboxylic acids is 2. The van der Waals surface area contributed by atoms with Crippen LogP contribution in [-0.2, 0) is 9.53 Å². The number of esters is 1. The molecule has 0 saturated heterocycles. The fourth-order valence-corrected chi connectivity index (χ4v) is 5.91. The van der Waals surface area contributed by atoms with Crippen molar-refractivity contribution in [1.29, 1.82) is 0 Å². The summed E-state index contributed by atoms with van der Waals surface area (Å²) in [6.45, 7) is 0. The second-order valence-electron chi connectivity index (χ2n) is 8.21. The third-order valence-corrected chi connectivity index (χ3v) is 6.98. The Morgan fingerprint density at radius 2 is 1.76 bits per heavy atom. The van der Waals surface area contributed by atoms with Crippen molar-refractivity contribution in [2.24, 2.45) is 23.2 Å². The molecule has 3 N–H and O–H groups in total. The molecule has 4 aliphatic rings. The first-order valence-electron chi connectivity index (χ1n) is 9.67. The van der Waals surface area contributed by atoms with Crippen LogP contribution < -0.4 is 9.44 Å². The number of phenolic OH excluding ortho intramolecular Hbond substituents is 1. The van der Waals surface area contributed by atoms with E-state index in [9.17, 15) is 14.0 Å². The molecule has 160 valence electrons. The van der Waals surface area contributed by atoms with E-state index in [0.717, 1.165) is 61.3 Å². The van der Waals surface area contributed by atoms with E-state index in [1.165, 1.54) is 19.3 Å². The molecule has 1 amide bonds. The lowest BCUT2D eigenvalue weighted by Crippen LogP contribution is -2.50. The number of carbonyl (C=O) groups is 2. The molecular formula is C20H26ClFN2O4S. The van der Waals surface area contributed by atoms with Gasteiger partial charge in [-0.3, -0.25) is 14.3 Å². The molecule has 4 aliphatic carbocycles. The van der Waals surface area contributed by atoms with Gasteiger partial charge in [-0.05, 0) is 69.4 Å². The number of rotatable bonds is 4. The maximum atomic E-state index is 13.2. The molecular weight excluding hydrogens is 419 g/mol. The Hall–Kier alpha value is -1.51. The third kappa shape index (κ3) is 4.81. The minimum Gasteiger partial charge on any atom is -0.506 e. The minimum atomic E-state index is -0.828. The van der Waals surface area contributed by atoms with E-state index in [-0.39, 0.29) is 22.0 Å². The van der Waals surface area contributed by atoms with Crippen LogP contribution in [0.2, 0.25) is 5.02 Å². The van der Waals surface area contributed by atoms with Crippen LogP contribution in [0.3, 0.4) is 0 Å². The Balaban J connectivity index is 0.000000166. The van der Waals surface area contributed by atoms with Crippen LogP contribution in [0, 0.1) is 29.0 Å². The smallest absolute Gasteiger partial charge is 0.311 e. The topological polar surface area (TPSA) is 87.7 Å². The Morgan fingerprint density at radius 3 is 2.24 bits per heavy atom. The number of hydrogen-bond donors (Lipinski definition) is 3. The van der Waals surface area contributed by atoms with Gasteiger partial charge in [-0.2, -0.15) is 0 Å². The predicted octanol–water partition coefficient (Wildman–Crippen LogP) is 4.07. The van der Waals surface area contributed by atoms with Gasteiger partial charge in [-0.1, -0.05) is 11.6 Å². The van der Waals surface area contributed by atoms with Gasteiger partial charge in [0.2, 0.25) is 0 Å². The van der Waals surface area contributed by atoms with Gasteiger partial charge in [0.1, 0.15) is 11.6 Å². The van der Waals surface area contributed by atoms with Gasteiger partial charge >= 0.3 is 5.97 Å². The Labute approximate surface area is 179 Å². The number of aromatic hydroxyl groups is 1. The maximum absolute atomic E-state index is 13.2. The average molecular weight is 445 g/mol. The molecule has 0 spiro atoms. The van der Waals surface area contributed by atoms with Crippen LogP contribution in [0.4, 0.5) is 4.39 Å². The van der Waals surface area contributed by atoms with Crippen molar-refractivity contribution in [3.05, 3.63) is 28.5 Å². The van der Waals surface area contributed by atoms with Gasteiger partial charge in [-0.25, -0.2) is 9.11 Å². The highest BCUT2D eigenvalue weighted by molar-refractivity contribution is 7.96. The minimum absolute atomic E-state index is 0.0521. The van der Waals surface area contributed by atoms with E-state index < -0.39 is 17.5 Å². The monoisotopic (exact) mass is 444 g/mol. The number of phenols is 1. The molecule has 0 aromatic heterocycles. The zero-order chi connectivity index (χ0) is 21.2. The number of nitrogens with one attached hydrogen (secondary N) is 2. The summed E-state index contributed by atoms with van der Waals surface area (Å²) in [4.78, 5) is 23.2. The number of benzene rings is 1. The second-order valence-corrected chi connectivity index (χ2v) is 9.43. The number of hydrogen-bond acceptors (Lipinski definition) is 6. The van der Waals surface area contributed by atoms with E-state index in [1.807, 2.05) is 0 Å². The van der Waals surface area contributed by atoms with Gasteiger partial charge in [0, 0.05) is 18.2 Å². The van der Waals surface area contributed by atoms with Gasteiger partial charge in [0.15, 0.2) is 0 Å². The maximum Gasteiger partial charge on any atom is 0.311 e. The average Bonchev–Trinajstić information content (AvgIpc) is 2.67. The number of methoxy groups -OCH3 is 1. The Morgan fingerprint density at radius 1 is 1.21 bits per heavy atom. The predicted molar refractivity (Wildman–Crippen MR) is 110 cm³/mol. The highest BCUT2D eigenvalue weighted by Crippen LogP contribution is 2.60. The molecule has 0 atom stereocenters. The van der Waals surface area contributed by atoms with Crippen molar-refractivity contribution < 1.29 is 23.8 Å². The zero-order valence-electron chi connectivity index (χ0n) is 16.5. The van der Waals surface area contributed by atoms with E-state index in [4.69, 9.17) is 21.4 Å². The van der Waals surface area contributed by atoms with Crippen molar-refractivity contribution >= 4 is 35.6 Å². The van der Waals surface area contributed by atoms with Crippen molar-refractivity contribution in [2.45, 2.75) is 38.5 Å². The molecule has 0 radical (unpaired) electrons. The summed E-state index contributed by atoms with van der Waals surface area (Å²) in [5.41, 5.74) is -0.274. The van der Waals surface area contributed by atoms with E-state index in [0.29, 0.717) is 0 Å². The Kier molecular flexibility index (Phi) is 6.96. The van der Waals surface area contributed by atoms with Crippen LogP contribution in [0.1, 0.15) is 48.9 Å². The molecule has 0 aliphatic heterocycles. The standard InChI is InChI=1S/C12H18O2.C8H8ClFN2O2S/c1-14-11(13)12-5-8-2-9(6-12)4-10(3-8)7-12;1-11-15-12-8(14)4-2-5(9)7(13)3-6(4)10/h8-10H,2-7H2,1H3;2-3,11,13H,1H3,(H,12,14). The van der Waals surface area contributed by atoms with E-state index >= 15 is 0 Å². The lowest BCUT2D eigenvalue weighted by atomic mass is 9.49. The van der Waals surface area contributed by atoms with Crippen molar-refractivity contribution in [3.63, 3.8) is 0 Å². The zero-order valence-corrected chi connectivity index (χ0v) is 18.0. The second kappa shape index (κ2) is 9.10. The van der Waals surface area contributed by atoms with E-state index in [1.54, 1.807) is 14.2 Å². The van der Waals surface area contributed by atoms with Crippen molar-refractivity contribution in [1.82, 2.24) is 9.44 Å². The first-order valence-corrected chi connectivity index (χ1v) is 10.9. The van der Waals surface area contributed by atoms with Crippen LogP contribution in [0.25, 0.3) is 0 Å². The fraction of sp³-hybridized carbons (Fsp3) is 0.600. The fourth-order valence-electron chi connectivity index (χ4n) is 5.44. The lowest BCUT2D eigenvalue weighted by molar-refractivity contribution is -0.168. The van der Waals surface area contributed by atoms with Gasteiger partial charge in [0.25, 0.3) is 5.91 Å². The summed E-state index contributed by atoms with van der Waals surface area (Å²) >= 11 is 6.45. The summed E-state index contributed by atoms with van der Waals surface area (Å²) in [7, 11) is 3.14. The quantitative estimate of drug-likeness (QED) is 0.479.